The highest BCUT2D eigenvalue weighted by Gasteiger charge is 2.31. The normalized spacial score (nSPS) is 11.9. The second-order valence-electron chi connectivity index (χ2n) is 8.64. The summed E-state index contributed by atoms with van der Waals surface area (Å²) in [6.07, 6.45) is 2.76. The van der Waals surface area contributed by atoms with Gasteiger partial charge in [0.2, 0.25) is 21.8 Å². The number of rotatable bonds is 13. The number of nitrogens with one attached hydrogen (secondary N) is 1. The van der Waals surface area contributed by atoms with Crippen molar-refractivity contribution in [3.8, 4) is 11.5 Å². The fraction of sp³-hybridized carbons (Fsp3) is 0.462. The molecule has 0 aliphatic carbocycles. The monoisotopic (exact) mass is 519 g/mol. The van der Waals surface area contributed by atoms with Gasteiger partial charge in [0.25, 0.3) is 0 Å². The molecule has 36 heavy (non-hydrogen) atoms. The molecule has 2 rings (SSSR count). The van der Waals surface area contributed by atoms with Gasteiger partial charge in [0.15, 0.2) is 0 Å². The van der Waals surface area contributed by atoms with Gasteiger partial charge in [0, 0.05) is 19.2 Å². The van der Waals surface area contributed by atoms with Crippen LogP contribution in [0.25, 0.3) is 0 Å². The van der Waals surface area contributed by atoms with Gasteiger partial charge >= 0.3 is 0 Å². The number of ether oxygens (including phenoxy) is 2. The second-order valence-corrected chi connectivity index (χ2v) is 10.5. The summed E-state index contributed by atoms with van der Waals surface area (Å²) in [7, 11) is -1.02. The Morgan fingerprint density at radius 1 is 1.06 bits per heavy atom. The number of carbonyl (C=O) groups excluding carboxylic acids is 2. The zero-order chi connectivity index (χ0) is 26.9. The first kappa shape index (κ1) is 29.0. The molecule has 1 atom stereocenters. The average molecular weight is 520 g/mol. The molecule has 0 saturated heterocycles. The van der Waals surface area contributed by atoms with Crippen LogP contribution in [-0.4, -0.2) is 64.7 Å². The molecule has 1 unspecified atom stereocenters. The van der Waals surface area contributed by atoms with Crippen molar-refractivity contribution in [1.82, 2.24) is 10.2 Å². The lowest BCUT2D eigenvalue weighted by Crippen LogP contribution is -2.51. The van der Waals surface area contributed by atoms with Gasteiger partial charge in [-0.25, -0.2) is 8.42 Å². The quantitative estimate of drug-likeness (QED) is 0.408. The summed E-state index contributed by atoms with van der Waals surface area (Å²) in [6, 6.07) is 11.5. The summed E-state index contributed by atoms with van der Waals surface area (Å²) in [5, 5.41) is 2.86. The molecule has 0 bridgehead atoms. The van der Waals surface area contributed by atoms with Crippen LogP contribution < -0.4 is 19.1 Å². The van der Waals surface area contributed by atoms with Crippen molar-refractivity contribution in [2.24, 2.45) is 0 Å². The number of aryl methyl sites for hydroxylation is 1. The Hall–Kier alpha value is -3.27. The van der Waals surface area contributed by atoms with Gasteiger partial charge in [-0.1, -0.05) is 43.2 Å². The highest BCUT2D eigenvalue weighted by molar-refractivity contribution is 7.92. The molecule has 198 valence electrons. The predicted molar refractivity (Wildman–Crippen MR) is 141 cm³/mol. The highest BCUT2D eigenvalue weighted by atomic mass is 32.2. The third kappa shape index (κ3) is 7.87. The minimum Gasteiger partial charge on any atom is -0.497 e. The van der Waals surface area contributed by atoms with Crippen molar-refractivity contribution in [1.29, 1.82) is 0 Å². The maximum Gasteiger partial charge on any atom is 0.244 e. The standard InChI is InChI=1S/C26H37N3O6S/c1-7-8-15-27-26(31)20(3)28(17-21-11-9-19(2)10-12-21)25(30)18-29(36(6,32)33)23-16-22(34-4)13-14-24(23)35-5/h9-14,16,20H,7-8,15,17-18H2,1-6H3,(H,27,31). The lowest BCUT2D eigenvalue weighted by Gasteiger charge is -2.32. The molecule has 2 aromatic rings. The van der Waals surface area contributed by atoms with Gasteiger partial charge in [-0.15, -0.1) is 0 Å². The molecular weight excluding hydrogens is 482 g/mol. The number of carbonyl (C=O) groups is 2. The molecule has 2 amide bonds. The first-order valence-corrected chi connectivity index (χ1v) is 13.7. The van der Waals surface area contributed by atoms with Crippen LogP contribution in [0.15, 0.2) is 42.5 Å². The minimum absolute atomic E-state index is 0.147. The molecule has 0 radical (unpaired) electrons. The molecule has 0 aromatic heterocycles. The lowest BCUT2D eigenvalue weighted by molar-refractivity contribution is -0.139. The Morgan fingerprint density at radius 3 is 2.28 bits per heavy atom. The van der Waals surface area contributed by atoms with E-state index in [1.807, 2.05) is 38.1 Å². The van der Waals surface area contributed by atoms with Crippen LogP contribution in [0.4, 0.5) is 5.69 Å². The van der Waals surface area contributed by atoms with E-state index in [-0.39, 0.29) is 23.9 Å². The number of hydrogen-bond donors (Lipinski definition) is 1. The smallest absolute Gasteiger partial charge is 0.244 e. The number of benzene rings is 2. The zero-order valence-corrected chi connectivity index (χ0v) is 22.7. The molecule has 10 heteroatoms. The van der Waals surface area contributed by atoms with E-state index in [2.05, 4.69) is 5.32 Å². The van der Waals surface area contributed by atoms with Crippen LogP contribution in [-0.2, 0) is 26.2 Å². The van der Waals surface area contributed by atoms with E-state index in [4.69, 9.17) is 9.47 Å². The average Bonchev–Trinajstić information content (AvgIpc) is 2.85. The van der Waals surface area contributed by atoms with Crippen molar-refractivity contribution >= 4 is 27.5 Å². The first-order chi connectivity index (χ1) is 17.0. The molecule has 0 heterocycles. The Kier molecular flexibility index (Phi) is 10.6. The first-order valence-electron chi connectivity index (χ1n) is 11.8. The summed E-state index contributed by atoms with van der Waals surface area (Å²) < 4.78 is 37.2. The second kappa shape index (κ2) is 13.2. The predicted octanol–water partition coefficient (Wildman–Crippen LogP) is 3.11. The lowest BCUT2D eigenvalue weighted by atomic mass is 10.1. The summed E-state index contributed by atoms with van der Waals surface area (Å²) in [4.78, 5) is 27.9. The Labute approximate surface area is 214 Å². The maximum absolute atomic E-state index is 13.6. The topological polar surface area (TPSA) is 105 Å². The van der Waals surface area contributed by atoms with Crippen LogP contribution in [0.1, 0.15) is 37.8 Å². The molecular formula is C26H37N3O6S. The van der Waals surface area contributed by atoms with E-state index < -0.39 is 28.5 Å². The molecule has 0 saturated carbocycles. The van der Waals surface area contributed by atoms with Crippen LogP contribution in [0.3, 0.4) is 0 Å². The third-order valence-corrected chi connectivity index (χ3v) is 6.93. The summed E-state index contributed by atoms with van der Waals surface area (Å²) in [6.45, 7) is 5.76. The molecule has 1 N–H and O–H groups in total. The largest absolute Gasteiger partial charge is 0.497 e. The number of anilines is 1. The number of methoxy groups -OCH3 is 2. The Bertz CT molecular complexity index is 1130. The van der Waals surface area contributed by atoms with Crippen molar-refractivity contribution < 1.29 is 27.5 Å². The van der Waals surface area contributed by atoms with Crippen LogP contribution in [0.5, 0.6) is 11.5 Å². The van der Waals surface area contributed by atoms with E-state index in [1.54, 1.807) is 19.1 Å². The van der Waals surface area contributed by atoms with Gasteiger partial charge in [-0.2, -0.15) is 0 Å². The minimum atomic E-state index is -3.90. The van der Waals surface area contributed by atoms with Crippen molar-refractivity contribution in [2.75, 3.05) is 37.9 Å². The van der Waals surface area contributed by atoms with E-state index in [0.29, 0.717) is 12.3 Å². The van der Waals surface area contributed by atoms with Crippen molar-refractivity contribution in [3.05, 3.63) is 53.6 Å². The van der Waals surface area contributed by atoms with E-state index in [9.17, 15) is 18.0 Å². The molecule has 0 aliphatic heterocycles. The van der Waals surface area contributed by atoms with Gasteiger partial charge in [0.05, 0.1) is 26.2 Å². The SMILES string of the molecule is CCCCNC(=O)C(C)N(Cc1ccc(C)cc1)C(=O)CN(c1cc(OC)ccc1OC)S(C)(=O)=O. The summed E-state index contributed by atoms with van der Waals surface area (Å²) in [5.41, 5.74) is 2.06. The van der Waals surface area contributed by atoms with Crippen LogP contribution in [0, 0.1) is 6.92 Å². The number of hydrogen-bond acceptors (Lipinski definition) is 6. The number of nitrogens with zero attached hydrogens (tertiary/aromatic N) is 2. The fourth-order valence-corrected chi connectivity index (χ4v) is 4.44. The van der Waals surface area contributed by atoms with E-state index in [1.165, 1.54) is 25.2 Å². The molecule has 0 spiro atoms. The fourth-order valence-electron chi connectivity index (χ4n) is 3.60. The van der Waals surface area contributed by atoms with E-state index >= 15 is 0 Å². The van der Waals surface area contributed by atoms with Crippen molar-refractivity contribution in [2.45, 2.75) is 46.2 Å². The van der Waals surface area contributed by atoms with Gasteiger partial charge in [0.1, 0.15) is 24.1 Å². The molecule has 9 nitrogen and oxygen atoms in total. The number of amides is 2. The van der Waals surface area contributed by atoms with Crippen LogP contribution in [0.2, 0.25) is 0 Å². The van der Waals surface area contributed by atoms with E-state index in [0.717, 1.165) is 34.5 Å². The van der Waals surface area contributed by atoms with Crippen LogP contribution >= 0.6 is 0 Å². The number of unbranched alkanes of at least 4 members (excludes halogenated alkanes) is 1. The Morgan fingerprint density at radius 2 is 1.72 bits per heavy atom. The summed E-state index contributed by atoms with van der Waals surface area (Å²) >= 11 is 0. The van der Waals surface area contributed by atoms with Crippen molar-refractivity contribution in [3.63, 3.8) is 0 Å². The molecule has 2 aromatic carbocycles. The third-order valence-electron chi connectivity index (χ3n) is 5.80. The maximum atomic E-state index is 13.6. The molecule has 0 fully saturated rings. The number of sulfonamides is 1. The Balaban J connectivity index is 2.43. The zero-order valence-electron chi connectivity index (χ0n) is 21.9. The van der Waals surface area contributed by atoms with Gasteiger partial charge < -0.3 is 19.7 Å². The van der Waals surface area contributed by atoms with Gasteiger partial charge in [-0.3, -0.25) is 13.9 Å². The highest BCUT2D eigenvalue weighted by Crippen LogP contribution is 2.34. The van der Waals surface area contributed by atoms with Gasteiger partial charge in [-0.05, 0) is 38.0 Å². The summed E-state index contributed by atoms with van der Waals surface area (Å²) in [5.74, 6) is -0.144. The molecule has 0 aliphatic rings.